The maximum absolute atomic E-state index is 13.7. The highest BCUT2D eigenvalue weighted by atomic mass is 16.1. The first-order chi connectivity index (χ1) is 16.8. The molecule has 35 heavy (non-hydrogen) atoms. The van der Waals surface area contributed by atoms with Gasteiger partial charge in [0.1, 0.15) is 0 Å². The second kappa shape index (κ2) is 9.53. The molecule has 3 aromatic heterocycles. The lowest BCUT2D eigenvalue weighted by molar-refractivity contribution is 0.0940. The van der Waals surface area contributed by atoms with E-state index in [1.807, 2.05) is 39.8 Å². The zero-order valence-electron chi connectivity index (χ0n) is 21.5. The van der Waals surface area contributed by atoms with Gasteiger partial charge in [-0.2, -0.15) is 0 Å². The van der Waals surface area contributed by atoms with Gasteiger partial charge in [-0.1, -0.05) is 0 Å². The van der Waals surface area contributed by atoms with Crippen molar-refractivity contribution in [2.75, 3.05) is 24.5 Å². The molecule has 2 atom stereocenters. The van der Waals surface area contributed by atoms with Crippen molar-refractivity contribution < 1.29 is 4.79 Å². The molecular formula is C28H36N6O. The molecule has 184 valence electrons. The summed E-state index contributed by atoms with van der Waals surface area (Å²) in [4.78, 5) is 30.3. The van der Waals surface area contributed by atoms with E-state index in [4.69, 9.17) is 9.97 Å². The molecule has 1 aliphatic heterocycles. The number of nitrogens with zero attached hydrogens (tertiary/aromatic N) is 4. The predicted octanol–water partition coefficient (Wildman–Crippen LogP) is 4.51. The fourth-order valence-corrected chi connectivity index (χ4v) is 5.20. The molecule has 3 aromatic rings. The predicted molar refractivity (Wildman–Crippen MR) is 140 cm³/mol. The lowest BCUT2D eigenvalue weighted by Crippen LogP contribution is -2.33. The van der Waals surface area contributed by atoms with Crippen molar-refractivity contribution in [1.82, 2.24) is 25.6 Å². The van der Waals surface area contributed by atoms with Crippen molar-refractivity contribution in [2.45, 2.75) is 71.9 Å². The van der Waals surface area contributed by atoms with Crippen molar-refractivity contribution in [1.29, 1.82) is 0 Å². The fraction of sp³-hybridized carbons (Fsp3) is 0.500. The number of nitrogens with one attached hydrogen (secondary N) is 2. The minimum absolute atomic E-state index is 0.0956. The second-order valence-corrected chi connectivity index (χ2v) is 10.3. The molecule has 0 spiro atoms. The molecule has 4 heterocycles. The molecule has 2 N–H and O–H groups in total. The number of pyridine rings is 3. The van der Waals surface area contributed by atoms with Gasteiger partial charge in [0.25, 0.3) is 5.91 Å². The van der Waals surface area contributed by atoms with Gasteiger partial charge in [0.05, 0.1) is 28.5 Å². The Hall–Kier alpha value is -3.06. The fourth-order valence-electron chi connectivity index (χ4n) is 5.20. The van der Waals surface area contributed by atoms with Gasteiger partial charge in [-0.25, -0.2) is 0 Å². The third-order valence-electron chi connectivity index (χ3n) is 7.16. The van der Waals surface area contributed by atoms with E-state index in [2.05, 4.69) is 33.5 Å². The van der Waals surface area contributed by atoms with Crippen LogP contribution in [0.25, 0.3) is 10.9 Å². The summed E-state index contributed by atoms with van der Waals surface area (Å²) in [6.07, 6.45) is 5.13. The first-order valence-electron chi connectivity index (χ1n) is 12.8. The maximum Gasteiger partial charge on any atom is 0.255 e. The van der Waals surface area contributed by atoms with E-state index in [0.717, 1.165) is 83.8 Å². The quantitative estimate of drug-likeness (QED) is 0.569. The number of carbonyl (C=O) groups is 1. The van der Waals surface area contributed by atoms with Crippen LogP contribution in [0.3, 0.4) is 0 Å². The zero-order chi connectivity index (χ0) is 24.7. The molecule has 0 bridgehead atoms. The van der Waals surface area contributed by atoms with E-state index < -0.39 is 0 Å². The van der Waals surface area contributed by atoms with Crippen LogP contribution in [0.4, 0.5) is 5.69 Å². The molecule has 0 unspecified atom stereocenters. The van der Waals surface area contributed by atoms with Crippen LogP contribution in [-0.2, 0) is 0 Å². The molecule has 7 nitrogen and oxygen atoms in total. The smallest absolute Gasteiger partial charge is 0.255 e. The Labute approximate surface area is 207 Å². The van der Waals surface area contributed by atoms with Crippen LogP contribution in [-0.4, -0.2) is 46.5 Å². The standard InChI is InChI=1S/C28H36N6O/c1-16-8-10-34(11-9-29-16)27-23-14-19(4)32-25(21-6-7-21)26(23)30-15-24(27)28(35)33-20(5)22-12-17(2)31-18(3)13-22/h12-16,20-21,29H,6-11H2,1-5H3,(H,33,35)/t16-,20-/m0/s1. The van der Waals surface area contributed by atoms with Crippen molar-refractivity contribution in [2.24, 2.45) is 0 Å². The van der Waals surface area contributed by atoms with E-state index in [1.54, 1.807) is 6.20 Å². The van der Waals surface area contributed by atoms with Crippen LogP contribution in [0.1, 0.15) is 83.8 Å². The number of carbonyl (C=O) groups excluding carboxylic acids is 1. The molecule has 1 amide bonds. The highest BCUT2D eigenvalue weighted by Crippen LogP contribution is 2.43. The van der Waals surface area contributed by atoms with Gasteiger partial charge in [0.15, 0.2) is 0 Å². The molecule has 2 fully saturated rings. The van der Waals surface area contributed by atoms with Crippen LogP contribution in [0.15, 0.2) is 24.4 Å². The van der Waals surface area contributed by atoms with Crippen molar-refractivity contribution in [3.63, 3.8) is 0 Å². The van der Waals surface area contributed by atoms with Gasteiger partial charge in [0, 0.05) is 60.3 Å². The van der Waals surface area contributed by atoms with Crippen LogP contribution in [0.2, 0.25) is 0 Å². The molecular weight excluding hydrogens is 436 g/mol. The monoisotopic (exact) mass is 472 g/mol. The lowest BCUT2D eigenvalue weighted by Gasteiger charge is -2.27. The summed E-state index contributed by atoms with van der Waals surface area (Å²) in [6, 6.07) is 6.50. The average molecular weight is 473 g/mol. The number of hydrogen-bond acceptors (Lipinski definition) is 6. The molecule has 5 rings (SSSR count). The van der Waals surface area contributed by atoms with Gasteiger partial charge in [-0.15, -0.1) is 0 Å². The number of rotatable bonds is 5. The minimum Gasteiger partial charge on any atom is -0.369 e. The van der Waals surface area contributed by atoms with E-state index in [1.165, 1.54) is 0 Å². The van der Waals surface area contributed by atoms with E-state index in [-0.39, 0.29) is 11.9 Å². The normalized spacial score (nSPS) is 19.5. The Bertz CT molecular complexity index is 1250. The molecule has 0 aromatic carbocycles. The number of hydrogen-bond donors (Lipinski definition) is 2. The topological polar surface area (TPSA) is 83.0 Å². The summed E-state index contributed by atoms with van der Waals surface area (Å²) in [5.41, 5.74) is 7.61. The van der Waals surface area contributed by atoms with Crippen molar-refractivity contribution in [3.05, 3.63) is 58.3 Å². The summed E-state index contributed by atoms with van der Waals surface area (Å²) in [7, 11) is 0. The summed E-state index contributed by atoms with van der Waals surface area (Å²) in [5.74, 6) is 0.392. The lowest BCUT2D eigenvalue weighted by atomic mass is 10.0. The van der Waals surface area contributed by atoms with Gasteiger partial charge < -0.3 is 15.5 Å². The largest absolute Gasteiger partial charge is 0.369 e. The Kier molecular flexibility index (Phi) is 6.45. The van der Waals surface area contributed by atoms with Crippen LogP contribution in [0.5, 0.6) is 0 Å². The van der Waals surface area contributed by atoms with Crippen LogP contribution in [0, 0.1) is 20.8 Å². The molecule has 1 aliphatic carbocycles. The number of amides is 1. The van der Waals surface area contributed by atoms with E-state index >= 15 is 0 Å². The zero-order valence-corrected chi connectivity index (χ0v) is 21.5. The van der Waals surface area contributed by atoms with Gasteiger partial charge in [-0.3, -0.25) is 19.7 Å². The third-order valence-corrected chi connectivity index (χ3v) is 7.16. The maximum atomic E-state index is 13.7. The number of aromatic nitrogens is 3. The first kappa shape index (κ1) is 23.7. The Morgan fingerprint density at radius 1 is 1.06 bits per heavy atom. The van der Waals surface area contributed by atoms with Gasteiger partial charge >= 0.3 is 0 Å². The molecule has 2 aliphatic rings. The van der Waals surface area contributed by atoms with E-state index in [9.17, 15) is 4.79 Å². The van der Waals surface area contributed by atoms with Crippen LogP contribution >= 0.6 is 0 Å². The third kappa shape index (κ3) is 5.01. The Balaban J connectivity index is 1.57. The average Bonchev–Trinajstić information content (AvgIpc) is 3.65. The van der Waals surface area contributed by atoms with Gasteiger partial charge in [-0.05, 0) is 77.6 Å². The molecule has 1 saturated heterocycles. The van der Waals surface area contributed by atoms with Gasteiger partial charge in [0.2, 0.25) is 0 Å². The van der Waals surface area contributed by atoms with Crippen LogP contribution < -0.4 is 15.5 Å². The van der Waals surface area contributed by atoms with Crippen molar-refractivity contribution in [3.8, 4) is 0 Å². The minimum atomic E-state index is -0.140. The SMILES string of the molecule is Cc1cc([C@H](C)NC(=O)c2cnc3c(C4CC4)nc(C)cc3c2N2CCN[C@@H](C)CC2)cc(C)n1. The number of fused-ring (bicyclic) bond motifs is 1. The summed E-state index contributed by atoms with van der Waals surface area (Å²) in [5, 5.41) is 7.86. The Morgan fingerprint density at radius 2 is 1.77 bits per heavy atom. The highest BCUT2D eigenvalue weighted by Gasteiger charge is 2.30. The summed E-state index contributed by atoms with van der Waals surface area (Å²) < 4.78 is 0. The summed E-state index contributed by atoms with van der Waals surface area (Å²) in [6.45, 7) is 12.9. The first-order valence-corrected chi connectivity index (χ1v) is 12.8. The molecule has 1 saturated carbocycles. The number of anilines is 1. The molecule has 0 radical (unpaired) electrons. The Morgan fingerprint density at radius 3 is 2.49 bits per heavy atom. The van der Waals surface area contributed by atoms with Crippen molar-refractivity contribution >= 4 is 22.5 Å². The highest BCUT2D eigenvalue weighted by molar-refractivity contribution is 6.08. The summed E-state index contributed by atoms with van der Waals surface area (Å²) >= 11 is 0. The number of aryl methyl sites for hydroxylation is 3. The second-order valence-electron chi connectivity index (χ2n) is 10.3. The van der Waals surface area contributed by atoms with E-state index in [0.29, 0.717) is 17.5 Å². The molecule has 7 heteroatoms.